The van der Waals surface area contributed by atoms with Gasteiger partial charge in [-0.1, -0.05) is 0 Å². The highest BCUT2D eigenvalue weighted by atomic mass is 16.5. The fourth-order valence-electron chi connectivity index (χ4n) is 3.23. The van der Waals surface area contributed by atoms with Crippen molar-refractivity contribution in [2.24, 2.45) is 0 Å². The molecule has 0 radical (unpaired) electrons. The average Bonchev–Trinajstić information content (AvgIpc) is 2.54. The molecule has 2 aliphatic rings. The molecule has 1 spiro atoms. The number of fused-ring (bicyclic) bond motifs is 1. The smallest absolute Gasteiger partial charge is 0.319 e. The van der Waals surface area contributed by atoms with Crippen molar-refractivity contribution in [1.29, 1.82) is 5.26 Å². The number of carbonyl (C=O) groups is 2. The van der Waals surface area contributed by atoms with Crippen molar-refractivity contribution in [2.75, 3.05) is 27.2 Å². The largest absolute Gasteiger partial charge is 0.486 e. The maximum atomic E-state index is 12.5. The molecule has 23 heavy (non-hydrogen) atoms. The molecule has 1 saturated heterocycles. The van der Waals surface area contributed by atoms with Crippen LogP contribution in [0.5, 0.6) is 5.75 Å². The number of hydrogen-bond donors (Lipinski definition) is 0. The molecular weight excluding hydrogens is 294 g/mol. The average molecular weight is 313 g/mol. The number of benzene rings is 1. The van der Waals surface area contributed by atoms with Crippen LogP contribution in [0.3, 0.4) is 0 Å². The number of carbonyl (C=O) groups excluding carboxylic acids is 2. The molecule has 2 amide bonds. The molecule has 2 heterocycles. The molecule has 6 nitrogen and oxygen atoms in total. The number of piperidine rings is 1. The fraction of sp³-hybridized carbons (Fsp3) is 0.471. The van der Waals surface area contributed by atoms with E-state index in [1.807, 2.05) is 6.07 Å². The molecule has 0 aliphatic carbocycles. The van der Waals surface area contributed by atoms with Gasteiger partial charge in [0, 0.05) is 40.0 Å². The normalized spacial score (nSPS) is 18.8. The summed E-state index contributed by atoms with van der Waals surface area (Å²) in [5.41, 5.74) is 0.422. The van der Waals surface area contributed by atoms with Gasteiger partial charge < -0.3 is 14.5 Å². The van der Waals surface area contributed by atoms with Crippen molar-refractivity contribution >= 4 is 11.8 Å². The van der Waals surface area contributed by atoms with Gasteiger partial charge >= 0.3 is 6.03 Å². The SMILES string of the molecule is CN(C)C(=O)N1CCC2(CC1)CC(=O)c1cc(C#N)ccc1O2. The number of Topliss-reactive ketones (excluding diaryl/α,β-unsaturated/α-hetero) is 1. The number of urea groups is 1. The first-order chi connectivity index (χ1) is 10.9. The van der Waals surface area contributed by atoms with Gasteiger partial charge in [0.25, 0.3) is 0 Å². The van der Waals surface area contributed by atoms with E-state index < -0.39 is 5.60 Å². The Hall–Kier alpha value is -2.55. The molecule has 0 bridgehead atoms. The van der Waals surface area contributed by atoms with Gasteiger partial charge in [-0.2, -0.15) is 5.26 Å². The highest BCUT2D eigenvalue weighted by Crippen LogP contribution is 2.39. The van der Waals surface area contributed by atoms with Gasteiger partial charge in [0.15, 0.2) is 5.78 Å². The van der Waals surface area contributed by atoms with Gasteiger partial charge in [-0.3, -0.25) is 4.79 Å². The first-order valence-electron chi connectivity index (χ1n) is 7.67. The van der Waals surface area contributed by atoms with E-state index in [0.717, 1.165) is 0 Å². The van der Waals surface area contributed by atoms with Crippen LogP contribution in [0.2, 0.25) is 0 Å². The van der Waals surface area contributed by atoms with E-state index in [0.29, 0.717) is 49.2 Å². The van der Waals surface area contributed by atoms with Gasteiger partial charge in [-0.15, -0.1) is 0 Å². The minimum atomic E-state index is -0.526. The minimum Gasteiger partial charge on any atom is -0.486 e. The zero-order valence-corrected chi connectivity index (χ0v) is 13.3. The van der Waals surface area contributed by atoms with Crippen molar-refractivity contribution in [3.05, 3.63) is 29.3 Å². The summed E-state index contributed by atoms with van der Waals surface area (Å²) in [6, 6.07) is 6.98. The van der Waals surface area contributed by atoms with Crippen LogP contribution in [0, 0.1) is 11.3 Å². The van der Waals surface area contributed by atoms with Crippen LogP contribution in [-0.4, -0.2) is 54.4 Å². The topological polar surface area (TPSA) is 73.6 Å². The fourth-order valence-corrected chi connectivity index (χ4v) is 3.23. The molecule has 1 aromatic rings. The van der Waals surface area contributed by atoms with Crippen LogP contribution < -0.4 is 4.74 Å². The molecule has 0 atom stereocenters. The Morgan fingerprint density at radius 3 is 2.65 bits per heavy atom. The predicted molar refractivity (Wildman–Crippen MR) is 83.4 cm³/mol. The number of likely N-dealkylation sites (tertiary alicyclic amines) is 1. The number of ether oxygens (including phenoxy) is 1. The number of nitrogens with zero attached hydrogens (tertiary/aromatic N) is 3. The molecular formula is C17H19N3O3. The van der Waals surface area contributed by atoms with Gasteiger partial charge in [-0.05, 0) is 18.2 Å². The van der Waals surface area contributed by atoms with Gasteiger partial charge in [0.2, 0.25) is 0 Å². The third-order valence-electron chi connectivity index (χ3n) is 4.55. The number of amides is 2. The van der Waals surface area contributed by atoms with Crippen molar-refractivity contribution in [3.63, 3.8) is 0 Å². The zero-order chi connectivity index (χ0) is 16.6. The molecule has 0 aromatic heterocycles. The lowest BCUT2D eigenvalue weighted by Crippen LogP contribution is -2.53. The van der Waals surface area contributed by atoms with Crippen LogP contribution in [-0.2, 0) is 0 Å². The monoisotopic (exact) mass is 313 g/mol. The quantitative estimate of drug-likeness (QED) is 0.734. The number of rotatable bonds is 0. The second-order valence-electron chi connectivity index (χ2n) is 6.37. The number of nitriles is 1. The molecule has 1 aromatic carbocycles. The maximum absolute atomic E-state index is 12.5. The predicted octanol–water partition coefficient (Wildman–Crippen LogP) is 2.04. The summed E-state index contributed by atoms with van der Waals surface area (Å²) in [5, 5.41) is 8.95. The van der Waals surface area contributed by atoms with Crippen molar-refractivity contribution in [2.45, 2.75) is 24.9 Å². The first-order valence-corrected chi connectivity index (χ1v) is 7.67. The third-order valence-corrected chi connectivity index (χ3v) is 4.55. The third kappa shape index (κ3) is 2.74. The summed E-state index contributed by atoms with van der Waals surface area (Å²) in [6.07, 6.45) is 1.58. The molecule has 1 fully saturated rings. The second kappa shape index (κ2) is 5.58. The van der Waals surface area contributed by atoms with Crippen LogP contribution >= 0.6 is 0 Å². The van der Waals surface area contributed by atoms with E-state index in [1.54, 1.807) is 42.1 Å². The molecule has 120 valence electrons. The Labute approximate surface area is 135 Å². The highest BCUT2D eigenvalue weighted by Gasteiger charge is 2.43. The lowest BCUT2D eigenvalue weighted by atomic mass is 9.82. The lowest BCUT2D eigenvalue weighted by Gasteiger charge is -2.44. The Balaban J connectivity index is 1.78. The lowest BCUT2D eigenvalue weighted by molar-refractivity contribution is -0.00270. The molecule has 0 saturated carbocycles. The van der Waals surface area contributed by atoms with Gasteiger partial charge in [0.05, 0.1) is 23.6 Å². The van der Waals surface area contributed by atoms with E-state index in [4.69, 9.17) is 10.00 Å². The van der Waals surface area contributed by atoms with Crippen LogP contribution in [0.4, 0.5) is 4.79 Å². The van der Waals surface area contributed by atoms with E-state index in [9.17, 15) is 9.59 Å². The highest BCUT2D eigenvalue weighted by molar-refractivity contribution is 6.00. The van der Waals surface area contributed by atoms with Crippen molar-refractivity contribution < 1.29 is 14.3 Å². The summed E-state index contributed by atoms with van der Waals surface area (Å²) >= 11 is 0. The summed E-state index contributed by atoms with van der Waals surface area (Å²) in [6.45, 7) is 1.16. The summed E-state index contributed by atoms with van der Waals surface area (Å²) in [4.78, 5) is 27.8. The number of ketones is 1. The maximum Gasteiger partial charge on any atom is 0.319 e. The Morgan fingerprint density at radius 2 is 2.04 bits per heavy atom. The molecule has 2 aliphatic heterocycles. The van der Waals surface area contributed by atoms with Crippen LogP contribution in [0.1, 0.15) is 35.2 Å². The standard InChI is InChI=1S/C17H19N3O3/c1-19(2)16(22)20-7-5-17(6-8-20)10-14(21)13-9-12(11-18)3-4-15(13)23-17/h3-4,9H,5-8,10H2,1-2H3. The van der Waals surface area contributed by atoms with E-state index >= 15 is 0 Å². The Bertz CT molecular complexity index is 698. The summed E-state index contributed by atoms with van der Waals surface area (Å²) in [7, 11) is 3.47. The van der Waals surface area contributed by atoms with Crippen molar-refractivity contribution in [1.82, 2.24) is 9.80 Å². The summed E-state index contributed by atoms with van der Waals surface area (Å²) in [5.74, 6) is 0.559. The van der Waals surface area contributed by atoms with Gasteiger partial charge in [-0.25, -0.2) is 4.79 Å². The van der Waals surface area contributed by atoms with E-state index in [1.165, 1.54) is 0 Å². The zero-order valence-electron chi connectivity index (χ0n) is 13.3. The Kier molecular flexibility index (Phi) is 3.72. The molecule has 0 unspecified atom stereocenters. The van der Waals surface area contributed by atoms with Crippen LogP contribution in [0.25, 0.3) is 0 Å². The first kappa shape index (κ1) is 15.3. The minimum absolute atomic E-state index is 0.00994. The van der Waals surface area contributed by atoms with E-state index in [2.05, 4.69) is 0 Å². The molecule has 6 heteroatoms. The van der Waals surface area contributed by atoms with Crippen molar-refractivity contribution in [3.8, 4) is 11.8 Å². The van der Waals surface area contributed by atoms with Gasteiger partial charge in [0.1, 0.15) is 11.4 Å². The van der Waals surface area contributed by atoms with Crippen LogP contribution in [0.15, 0.2) is 18.2 Å². The van der Waals surface area contributed by atoms with E-state index in [-0.39, 0.29) is 11.8 Å². The Morgan fingerprint density at radius 1 is 1.35 bits per heavy atom. The summed E-state index contributed by atoms with van der Waals surface area (Å²) < 4.78 is 6.14. The molecule has 0 N–H and O–H groups in total. The molecule has 3 rings (SSSR count). The second-order valence-corrected chi connectivity index (χ2v) is 6.37. The number of hydrogen-bond acceptors (Lipinski definition) is 4.